The van der Waals surface area contributed by atoms with E-state index in [4.69, 9.17) is 0 Å². The lowest BCUT2D eigenvalue weighted by Gasteiger charge is -2.10. The van der Waals surface area contributed by atoms with Gasteiger partial charge in [-0.2, -0.15) is 0 Å². The van der Waals surface area contributed by atoms with Crippen molar-refractivity contribution in [2.24, 2.45) is 0 Å². The fourth-order valence-electron chi connectivity index (χ4n) is 2.93. The molecule has 0 unspecified atom stereocenters. The number of hydrogen-bond donors (Lipinski definition) is 1. The first-order valence-corrected chi connectivity index (χ1v) is 8.66. The molecule has 0 aliphatic rings. The summed E-state index contributed by atoms with van der Waals surface area (Å²) in [5.41, 5.74) is 3.96. The molecule has 0 aliphatic carbocycles. The summed E-state index contributed by atoms with van der Waals surface area (Å²) in [6.07, 6.45) is 6.91. The Balaban J connectivity index is 1.44. The van der Waals surface area contributed by atoms with Crippen molar-refractivity contribution in [1.29, 1.82) is 0 Å². The van der Waals surface area contributed by atoms with Gasteiger partial charge in [0.05, 0.1) is 0 Å². The molecule has 4 aromatic rings. The molecule has 0 fully saturated rings. The van der Waals surface area contributed by atoms with Crippen LogP contribution in [0.5, 0.6) is 0 Å². The van der Waals surface area contributed by atoms with Crippen LogP contribution in [0.15, 0.2) is 91.5 Å². The Morgan fingerprint density at radius 1 is 0.815 bits per heavy atom. The number of anilines is 1. The normalized spacial score (nSPS) is 10.5. The summed E-state index contributed by atoms with van der Waals surface area (Å²) < 4.78 is 1.82. The SMILES string of the molecule is O=C(Cn1ccnc1-c1ccncc1)Nc1ccc(-c2ccccc2)cc1. The van der Waals surface area contributed by atoms with Crippen LogP contribution in [0.3, 0.4) is 0 Å². The Bertz CT molecular complexity index is 1020. The highest BCUT2D eigenvalue weighted by molar-refractivity contribution is 5.91. The summed E-state index contributed by atoms with van der Waals surface area (Å²) in [5, 5.41) is 2.94. The van der Waals surface area contributed by atoms with Gasteiger partial charge < -0.3 is 9.88 Å². The second-order valence-corrected chi connectivity index (χ2v) is 6.11. The van der Waals surface area contributed by atoms with Gasteiger partial charge >= 0.3 is 0 Å². The topological polar surface area (TPSA) is 59.8 Å². The van der Waals surface area contributed by atoms with E-state index in [1.54, 1.807) is 24.8 Å². The van der Waals surface area contributed by atoms with Crippen LogP contribution >= 0.6 is 0 Å². The molecule has 1 amide bonds. The van der Waals surface area contributed by atoms with Crippen LogP contribution in [0, 0.1) is 0 Å². The number of pyridine rings is 1. The van der Waals surface area contributed by atoms with Crippen LogP contribution in [0.2, 0.25) is 0 Å². The maximum absolute atomic E-state index is 12.4. The minimum atomic E-state index is -0.101. The molecule has 2 aromatic carbocycles. The van der Waals surface area contributed by atoms with E-state index in [9.17, 15) is 4.79 Å². The molecule has 1 N–H and O–H groups in total. The molecule has 132 valence electrons. The molecule has 0 atom stereocenters. The number of aromatic nitrogens is 3. The zero-order chi connectivity index (χ0) is 18.5. The highest BCUT2D eigenvalue weighted by atomic mass is 16.1. The van der Waals surface area contributed by atoms with E-state index in [0.29, 0.717) is 0 Å². The van der Waals surface area contributed by atoms with Gasteiger partial charge in [-0.1, -0.05) is 42.5 Å². The lowest BCUT2D eigenvalue weighted by Crippen LogP contribution is -2.18. The molecule has 0 saturated heterocycles. The van der Waals surface area contributed by atoms with E-state index in [1.807, 2.05) is 59.2 Å². The van der Waals surface area contributed by atoms with Gasteiger partial charge in [-0.05, 0) is 35.4 Å². The van der Waals surface area contributed by atoms with Crippen molar-refractivity contribution in [2.45, 2.75) is 6.54 Å². The van der Waals surface area contributed by atoms with Crippen molar-refractivity contribution in [3.8, 4) is 22.5 Å². The van der Waals surface area contributed by atoms with E-state index in [2.05, 4.69) is 27.4 Å². The number of rotatable bonds is 5. The Morgan fingerprint density at radius 3 is 2.26 bits per heavy atom. The molecule has 2 aromatic heterocycles. The Morgan fingerprint density at radius 2 is 1.52 bits per heavy atom. The van der Waals surface area contributed by atoms with Gasteiger partial charge in [0.2, 0.25) is 5.91 Å². The second kappa shape index (κ2) is 7.66. The zero-order valence-corrected chi connectivity index (χ0v) is 14.6. The Labute approximate surface area is 157 Å². The Hall–Kier alpha value is -3.73. The summed E-state index contributed by atoms with van der Waals surface area (Å²) in [6.45, 7) is 0.193. The summed E-state index contributed by atoms with van der Waals surface area (Å²) >= 11 is 0. The summed E-state index contributed by atoms with van der Waals surface area (Å²) in [7, 11) is 0. The lowest BCUT2D eigenvalue weighted by molar-refractivity contribution is -0.116. The third kappa shape index (κ3) is 3.93. The third-order valence-electron chi connectivity index (χ3n) is 4.24. The molecule has 5 heteroatoms. The van der Waals surface area contributed by atoms with E-state index in [1.165, 1.54) is 0 Å². The summed E-state index contributed by atoms with van der Waals surface area (Å²) in [5.74, 6) is 0.641. The third-order valence-corrected chi connectivity index (χ3v) is 4.24. The zero-order valence-electron chi connectivity index (χ0n) is 14.6. The second-order valence-electron chi connectivity index (χ2n) is 6.11. The first kappa shape index (κ1) is 16.7. The van der Waals surface area contributed by atoms with Gasteiger partial charge in [0.1, 0.15) is 12.4 Å². The minimum absolute atomic E-state index is 0.101. The average Bonchev–Trinajstić information content (AvgIpc) is 3.18. The molecular weight excluding hydrogens is 336 g/mol. The van der Waals surface area contributed by atoms with Crippen LogP contribution in [-0.2, 0) is 11.3 Å². The van der Waals surface area contributed by atoms with Gasteiger partial charge in [-0.25, -0.2) is 4.98 Å². The first-order chi connectivity index (χ1) is 13.3. The molecule has 0 aliphatic heterocycles. The number of amides is 1. The molecule has 5 nitrogen and oxygen atoms in total. The van der Waals surface area contributed by atoms with Crippen molar-refractivity contribution in [1.82, 2.24) is 14.5 Å². The molecule has 0 bridgehead atoms. The monoisotopic (exact) mass is 354 g/mol. The lowest BCUT2D eigenvalue weighted by atomic mass is 10.1. The fraction of sp³-hybridized carbons (Fsp3) is 0.0455. The van der Waals surface area contributed by atoms with E-state index in [-0.39, 0.29) is 12.5 Å². The molecule has 4 rings (SSSR count). The number of imidazole rings is 1. The van der Waals surface area contributed by atoms with Gasteiger partial charge in [0, 0.05) is 36.0 Å². The van der Waals surface area contributed by atoms with Crippen LogP contribution in [0.1, 0.15) is 0 Å². The highest BCUT2D eigenvalue weighted by Crippen LogP contribution is 2.21. The van der Waals surface area contributed by atoms with Crippen molar-refractivity contribution in [3.63, 3.8) is 0 Å². The number of benzene rings is 2. The number of hydrogen-bond acceptors (Lipinski definition) is 3. The van der Waals surface area contributed by atoms with Gasteiger partial charge in [0.15, 0.2) is 0 Å². The molecule has 0 radical (unpaired) electrons. The summed E-state index contributed by atoms with van der Waals surface area (Å²) in [6, 6.07) is 21.7. The van der Waals surface area contributed by atoms with Gasteiger partial charge in [-0.15, -0.1) is 0 Å². The fourth-order valence-corrected chi connectivity index (χ4v) is 2.93. The predicted molar refractivity (Wildman–Crippen MR) is 106 cm³/mol. The smallest absolute Gasteiger partial charge is 0.244 e. The Kier molecular flexibility index (Phi) is 4.74. The van der Waals surface area contributed by atoms with Gasteiger partial charge in [0.25, 0.3) is 0 Å². The number of nitrogens with one attached hydrogen (secondary N) is 1. The highest BCUT2D eigenvalue weighted by Gasteiger charge is 2.10. The van der Waals surface area contributed by atoms with Crippen LogP contribution < -0.4 is 5.32 Å². The maximum Gasteiger partial charge on any atom is 0.244 e. The standard InChI is InChI=1S/C22H18N4O/c27-21(16-26-15-14-24-22(26)19-10-12-23-13-11-19)25-20-8-6-18(7-9-20)17-4-2-1-3-5-17/h1-15H,16H2,(H,25,27). The number of nitrogens with zero attached hydrogens (tertiary/aromatic N) is 3. The van der Waals surface area contributed by atoms with Crippen molar-refractivity contribution in [2.75, 3.05) is 5.32 Å². The van der Waals surface area contributed by atoms with Crippen molar-refractivity contribution < 1.29 is 4.79 Å². The van der Waals surface area contributed by atoms with Crippen molar-refractivity contribution in [3.05, 3.63) is 91.5 Å². The number of carbonyl (C=O) groups excluding carboxylic acids is 1. The average molecular weight is 354 g/mol. The maximum atomic E-state index is 12.4. The molecule has 2 heterocycles. The van der Waals surface area contributed by atoms with Crippen molar-refractivity contribution >= 4 is 11.6 Å². The summed E-state index contributed by atoms with van der Waals surface area (Å²) in [4.78, 5) is 20.8. The van der Waals surface area contributed by atoms with Crippen LogP contribution in [0.4, 0.5) is 5.69 Å². The van der Waals surface area contributed by atoms with E-state index < -0.39 is 0 Å². The largest absolute Gasteiger partial charge is 0.325 e. The molecular formula is C22H18N4O. The van der Waals surface area contributed by atoms with E-state index >= 15 is 0 Å². The first-order valence-electron chi connectivity index (χ1n) is 8.66. The van der Waals surface area contributed by atoms with E-state index in [0.717, 1.165) is 28.2 Å². The quantitative estimate of drug-likeness (QED) is 0.583. The number of carbonyl (C=O) groups is 1. The molecule has 0 spiro atoms. The van der Waals surface area contributed by atoms with Gasteiger partial charge in [-0.3, -0.25) is 9.78 Å². The van der Waals surface area contributed by atoms with Crippen LogP contribution in [-0.4, -0.2) is 20.4 Å². The predicted octanol–water partition coefficient (Wildman–Crippen LogP) is 4.25. The molecule has 27 heavy (non-hydrogen) atoms. The minimum Gasteiger partial charge on any atom is -0.325 e. The molecule has 0 saturated carbocycles. The van der Waals surface area contributed by atoms with Crippen LogP contribution in [0.25, 0.3) is 22.5 Å².